The van der Waals surface area contributed by atoms with E-state index in [4.69, 9.17) is 5.73 Å². The van der Waals surface area contributed by atoms with Crippen LogP contribution in [0.4, 0.5) is 0 Å². The predicted octanol–water partition coefficient (Wildman–Crippen LogP) is -2.22. The highest BCUT2D eigenvalue weighted by Gasteiger charge is 2.40. The first-order chi connectivity index (χ1) is 13.4. The van der Waals surface area contributed by atoms with Crippen LogP contribution in [0.5, 0.6) is 0 Å². The van der Waals surface area contributed by atoms with Gasteiger partial charge in [-0.3, -0.25) is 14.4 Å². The molecule has 0 radical (unpaired) electrons. The van der Waals surface area contributed by atoms with Gasteiger partial charge < -0.3 is 36.6 Å². The fourth-order valence-corrected chi connectivity index (χ4v) is 3.10. The number of nitrogens with zero attached hydrogens (tertiary/aromatic N) is 1. The molecule has 1 aliphatic heterocycles. The Hall–Kier alpha value is -2.24. The molecule has 0 aliphatic carbocycles. The zero-order chi connectivity index (χ0) is 22.5. The maximum atomic E-state index is 12.9. The highest BCUT2D eigenvalue weighted by atomic mass is 16.4. The van der Waals surface area contributed by atoms with Crippen LogP contribution in [-0.4, -0.2) is 86.8 Å². The molecule has 6 atom stereocenters. The maximum absolute atomic E-state index is 12.9. The molecule has 0 saturated carbocycles. The van der Waals surface area contributed by atoms with Crippen LogP contribution in [0.1, 0.15) is 40.5 Å². The number of aliphatic carboxylic acids is 1. The van der Waals surface area contributed by atoms with Crippen molar-refractivity contribution in [2.75, 3.05) is 6.54 Å². The molecule has 7 N–H and O–H groups in total. The molecular formula is C18H32N4O7. The summed E-state index contributed by atoms with van der Waals surface area (Å²) in [4.78, 5) is 50.2. The third kappa shape index (κ3) is 6.38. The zero-order valence-electron chi connectivity index (χ0n) is 17.2. The first kappa shape index (κ1) is 24.8. The molecule has 0 aromatic carbocycles. The Balaban J connectivity index is 2.95. The highest BCUT2D eigenvalue weighted by molar-refractivity contribution is 5.94. The van der Waals surface area contributed by atoms with E-state index in [1.807, 2.05) is 0 Å². The molecule has 0 aromatic rings. The topological polar surface area (TPSA) is 182 Å². The lowest BCUT2D eigenvalue weighted by molar-refractivity contribution is -0.150. The number of hydrogen-bond donors (Lipinski definition) is 6. The zero-order valence-corrected chi connectivity index (χ0v) is 17.2. The number of likely N-dealkylation sites (tertiary alicyclic amines) is 1. The first-order valence-electron chi connectivity index (χ1n) is 9.64. The van der Waals surface area contributed by atoms with Crippen molar-refractivity contribution in [3.63, 3.8) is 0 Å². The molecule has 0 bridgehead atoms. The summed E-state index contributed by atoms with van der Waals surface area (Å²) in [6.07, 6.45) is -1.59. The number of amides is 3. The van der Waals surface area contributed by atoms with E-state index in [0.29, 0.717) is 12.8 Å². The lowest BCUT2D eigenvalue weighted by atomic mass is 10.0. The second-order valence-corrected chi connectivity index (χ2v) is 7.75. The Kier molecular flexibility index (Phi) is 8.99. The molecule has 1 aliphatic rings. The van der Waals surface area contributed by atoms with Crippen LogP contribution in [-0.2, 0) is 19.2 Å². The van der Waals surface area contributed by atoms with E-state index < -0.39 is 60.1 Å². The minimum Gasteiger partial charge on any atom is -0.480 e. The summed E-state index contributed by atoms with van der Waals surface area (Å²) in [5, 5.41) is 33.4. The minimum atomic E-state index is -1.41. The average molecular weight is 416 g/mol. The monoisotopic (exact) mass is 416 g/mol. The van der Waals surface area contributed by atoms with Gasteiger partial charge in [0.25, 0.3) is 0 Å². The van der Waals surface area contributed by atoms with E-state index in [2.05, 4.69) is 10.6 Å². The van der Waals surface area contributed by atoms with E-state index in [-0.39, 0.29) is 12.5 Å². The predicted molar refractivity (Wildman–Crippen MR) is 102 cm³/mol. The van der Waals surface area contributed by atoms with Gasteiger partial charge in [-0.1, -0.05) is 13.8 Å². The first-order valence-corrected chi connectivity index (χ1v) is 9.64. The number of nitrogens with two attached hydrogens (primary N) is 1. The van der Waals surface area contributed by atoms with Crippen molar-refractivity contribution in [3.8, 4) is 0 Å². The van der Waals surface area contributed by atoms with Gasteiger partial charge in [-0.25, -0.2) is 4.79 Å². The Morgan fingerprint density at radius 1 is 0.966 bits per heavy atom. The summed E-state index contributed by atoms with van der Waals surface area (Å²) < 4.78 is 0. The van der Waals surface area contributed by atoms with Gasteiger partial charge in [0.2, 0.25) is 17.7 Å². The molecular weight excluding hydrogens is 384 g/mol. The van der Waals surface area contributed by atoms with Crippen LogP contribution in [0.25, 0.3) is 0 Å². The molecule has 166 valence electrons. The number of carboxylic acids is 1. The van der Waals surface area contributed by atoms with Crippen molar-refractivity contribution < 1.29 is 34.5 Å². The second kappa shape index (κ2) is 10.5. The number of carbonyl (C=O) groups excluding carboxylic acids is 3. The Morgan fingerprint density at radius 2 is 1.52 bits per heavy atom. The fraction of sp³-hybridized carbons (Fsp3) is 0.778. The molecule has 3 amide bonds. The molecule has 6 unspecified atom stereocenters. The van der Waals surface area contributed by atoms with Crippen molar-refractivity contribution in [3.05, 3.63) is 0 Å². The number of aliphatic hydroxyl groups excluding tert-OH is 2. The summed E-state index contributed by atoms with van der Waals surface area (Å²) in [6, 6.07) is -4.69. The van der Waals surface area contributed by atoms with E-state index in [1.165, 1.54) is 18.7 Å². The number of carbonyl (C=O) groups is 4. The van der Waals surface area contributed by atoms with Crippen LogP contribution in [0, 0.1) is 5.92 Å². The van der Waals surface area contributed by atoms with Crippen LogP contribution < -0.4 is 16.4 Å². The van der Waals surface area contributed by atoms with Crippen molar-refractivity contribution in [1.82, 2.24) is 15.5 Å². The molecule has 1 rings (SSSR count). The molecule has 29 heavy (non-hydrogen) atoms. The Labute approximate surface area is 169 Å². The Morgan fingerprint density at radius 3 is 1.97 bits per heavy atom. The molecule has 0 aromatic heterocycles. The quantitative estimate of drug-likeness (QED) is 0.244. The third-order valence-corrected chi connectivity index (χ3v) is 4.94. The maximum Gasteiger partial charge on any atom is 0.326 e. The number of nitrogens with one attached hydrogen (secondary N) is 2. The lowest BCUT2D eigenvalue weighted by Gasteiger charge is -2.31. The lowest BCUT2D eigenvalue weighted by Crippen LogP contribution is -2.61. The van der Waals surface area contributed by atoms with Crippen molar-refractivity contribution >= 4 is 23.7 Å². The largest absolute Gasteiger partial charge is 0.480 e. The molecule has 11 heteroatoms. The van der Waals surface area contributed by atoms with Crippen molar-refractivity contribution in [2.45, 2.75) is 76.9 Å². The van der Waals surface area contributed by atoms with Gasteiger partial charge in [0, 0.05) is 6.54 Å². The van der Waals surface area contributed by atoms with E-state index in [9.17, 15) is 34.5 Å². The molecule has 1 heterocycles. The summed E-state index contributed by atoms with van der Waals surface area (Å²) in [6.45, 7) is 6.24. The number of hydrogen-bond acceptors (Lipinski definition) is 7. The smallest absolute Gasteiger partial charge is 0.326 e. The molecule has 11 nitrogen and oxygen atoms in total. The van der Waals surface area contributed by atoms with Gasteiger partial charge in [-0.05, 0) is 32.6 Å². The van der Waals surface area contributed by atoms with Gasteiger partial charge in [0.05, 0.1) is 12.2 Å². The molecule has 1 fully saturated rings. The number of aliphatic hydroxyl groups is 2. The summed E-state index contributed by atoms with van der Waals surface area (Å²) >= 11 is 0. The highest BCUT2D eigenvalue weighted by Crippen LogP contribution is 2.20. The van der Waals surface area contributed by atoms with Crippen LogP contribution in [0.2, 0.25) is 0 Å². The minimum absolute atomic E-state index is 0.273. The SMILES string of the molecule is CC(C)C(NC(=O)C(NC(=O)C(N)C(C)O)C(C)O)C(=O)N1CCCC1C(=O)O. The van der Waals surface area contributed by atoms with Crippen molar-refractivity contribution in [2.24, 2.45) is 11.7 Å². The van der Waals surface area contributed by atoms with Gasteiger partial charge in [-0.2, -0.15) is 0 Å². The van der Waals surface area contributed by atoms with Crippen molar-refractivity contribution in [1.29, 1.82) is 0 Å². The fourth-order valence-electron chi connectivity index (χ4n) is 3.10. The van der Waals surface area contributed by atoms with Crippen LogP contribution in [0.15, 0.2) is 0 Å². The third-order valence-electron chi connectivity index (χ3n) is 4.94. The van der Waals surface area contributed by atoms with Gasteiger partial charge in [-0.15, -0.1) is 0 Å². The van der Waals surface area contributed by atoms with Crippen LogP contribution >= 0.6 is 0 Å². The summed E-state index contributed by atoms with van der Waals surface area (Å²) in [5.74, 6) is -3.66. The van der Waals surface area contributed by atoms with Gasteiger partial charge >= 0.3 is 5.97 Å². The van der Waals surface area contributed by atoms with E-state index in [0.717, 1.165) is 0 Å². The normalized spacial score (nSPS) is 21.8. The Bertz CT molecular complexity index is 623. The summed E-state index contributed by atoms with van der Waals surface area (Å²) in [5.41, 5.74) is 5.54. The van der Waals surface area contributed by atoms with Gasteiger partial charge in [0.15, 0.2) is 0 Å². The standard InChI is InChI=1S/C18H32N4O7/c1-8(2)13(17(27)22-7-5-6-11(22)18(28)29)20-16(26)14(10(4)24)21-15(25)12(19)9(3)23/h8-14,23-24H,5-7,19H2,1-4H3,(H,20,26)(H,21,25)(H,28,29). The second-order valence-electron chi connectivity index (χ2n) is 7.75. The van der Waals surface area contributed by atoms with Gasteiger partial charge in [0.1, 0.15) is 24.2 Å². The van der Waals surface area contributed by atoms with Crippen LogP contribution in [0.3, 0.4) is 0 Å². The molecule has 1 saturated heterocycles. The van der Waals surface area contributed by atoms with E-state index in [1.54, 1.807) is 13.8 Å². The van der Waals surface area contributed by atoms with E-state index >= 15 is 0 Å². The molecule has 0 spiro atoms. The number of rotatable bonds is 9. The summed E-state index contributed by atoms with van der Waals surface area (Å²) in [7, 11) is 0. The number of carboxylic acid groups (broad SMARTS) is 1. The average Bonchev–Trinajstić information content (AvgIpc) is 3.11.